The van der Waals surface area contributed by atoms with Gasteiger partial charge in [0.15, 0.2) is 0 Å². The molecule has 19 heavy (non-hydrogen) atoms. The SMILES string of the molecule is CCC(CO)C(=O)NCCc1cc(C)ccc1OC. The van der Waals surface area contributed by atoms with Gasteiger partial charge in [0, 0.05) is 6.54 Å². The van der Waals surface area contributed by atoms with Gasteiger partial charge in [-0.15, -0.1) is 0 Å². The number of rotatable bonds is 7. The lowest BCUT2D eigenvalue weighted by Crippen LogP contribution is -2.33. The van der Waals surface area contributed by atoms with Crippen LogP contribution < -0.4 is 10.1 Å². The topological polar surface area (TPSA) is 58.6 Å². The van der Waals surface area contributed by atoms with Gasteiger partial charge in [-0.2, -0.15) is 0 Å². The zero-order valence-corrected chi connectivity index (χ0v) is 11.9. The molecular formula is C15H23NO3. The molecule has 106 valence electrons. The largest absolute Gasteiger partial charge is 0.496 e. The van der Waals surface area contributed by atoms with Gasteiger partial charge in [-0.25, -0.2) is 0 Å². The number of aliphatic hydroxyl groups excluding tert-OH is 1. The Hall–Kier alpha value is -1.55. The average Bonchev–Trinajstić information content (AvgIpc) is 2.40. The fourth-order valence-electron chi connectivity index (χ4n) is 1.96. The first-order chi connectivity index (χ1) is 9.12. The van der Waals surface area contributed by atoms with Crippen molar-refractivity contribution in [2.75, 3.05) is 20.3 Å². The quantitative estimate of drug-likeness (QED) is 0.788. The van der Waals surface area contributed by atoms with Crippen LogP contribution in [0.5, 0.6) is 5.75 Å². The smallest absolute Gasteiger partial charge is 0.225 e. The van der Waals surface area contributed by atoms with Gasteiger partial charge in [0.1, 0.15) is 5.75 Å². The molecule has 4 heteroatoms. The molecule has 0 aliphatic rings. The van der Waals surface area contributed by atoms with Crippen LogP contribution in [0.2, 0.25) is 0 Å². The highest BCUT2D eigenvalue weighted by Crippen LogP contribution is 2.19. The Bertz CT molecular complexity index is 414. The molecule has 0 fully saturated rings. The third-order valence-electron chi connectivity index (χ3n) is 3.21. The van der Waals surface area contributed by atoms with Crippen LogP contribution >= 0.6 is 0 Å². The highest BCUT2D eigenvalue weighted by molar-refractivity contribution is 5.78. The van der Waals surface area contributed by atoms with E-state index in [0.29, 0.717) is 13.0 Å². The molecule has 4 nitrogen and oxygen atoms in total. The molecule has 1 unspecified atom stereocenters. The van der Waals surface area contributed by atoms with E-state index in [1.807, 2.05) is 26.0 Å². The van der Waals surface area contributed by atoms with Gasteiger partial charge in [0.05, 0.1) is 19.6 Å². The summed E-state index contributed by atoms with van der Waals surface area (Å²) >= 11 is 0. The number of ether oxygens (including phenoxy) is 1. The molecule has 1 rings (SSSR count). The fourth-order valence-corrected chi connectivity index (χ4v) is 1.96. The Morgan fingerprint density at radius 1 is 1.47 bits per heavy atom. The summed E-state index contributed by atoms with van der Waals surface area (Å²) in [5.74, 6) is 0.449. The number of aryl methyl sites for hydroxylation is 1. The molecule has 1 aromatic rings. The number of aliphatic hydroxyl groups is 1. The van der Waals surface area contributed by atoms with Crippen LogP contribution in [0.4, 0.5) is 0 Å². The summed E-state index contributed by atoms with van der Waals surface area (Å²) in [5, 5.41) is 11.9. The van der Waals surface area contributed by atoms with Gasteiger partial charge < -0.3 is 15.2 Å². The third kappa shape index (κ3) is 4.56. The Morgan fingerprint density at radius 3 is 2.79 bits per heavy atom. The zero-order chi connectivity index (χ0) is 14.3. The molecule has 0 spiro atoms. The molecule has 0 radical (unpaired) electrons. The Balaban J connectivity index is 2.53. The van der Waals surface area contributed by atoms with Crippen molar-refractivity contribution >= 4 is 5.91 Å². The van der Waals surface area contributed by atoms with Crippen molar-refractivity contribution in [2.24, 2.45) is 5.92 Å². The normalized spacial score (nSPS) is 12.0. The number of carbonyl (C=O) groups is 1. The monoisotopic (exact) mass is 265 g/mol. The van der Waals surface area contributed by atoms with Crippen LogP contribution in [0.25, 0.3) is 0 Å². The molecule has 0 aliphatic heterocycles. The summed E-state index contributed by atoms with van der Waals surface area (Å²) in [5.41, 5.74) is 2.25. The van der Waals surface area contributed by atoms with E-state index in [1.165, 1.54) is 5.56 Å². The zero-order valence-electron chi connectivity index (χ0n) is 11.9. The third-order valence-corrected chi connectivity index (χ3v) is 3.21. The molecule has 0 aromatic heterocycles. The summed E-state index contributed by atoms with van der Waals surface area (Å²) in [4.78, 5) is 11.7. The van der Waals surface area contributed by atoms with Crippen molar-refractivity contribution in [3.63, 3.8) is 0 Å². The van der Waals surface area contributed by atoms with E-state index < -0.39 is 0 Å². The molecule has 1 aromatic carbocycles. The van der Waals surface area contributed by atoms with E-state index in [2.05, 4.69) is 11.4 Å². The van der Waals surface area contributed by atoms with Crippen molar-refractivity contribution in [1.82, 2.24) is 5.32 Å². The second kappa shape index (κ2) is 7.79. The molecule has 0 bridgehead atoms. The fraction of sp³-hybridized carbons (Fsp3) is 0.533. The molecule has 2 N–H and O–H groups in total. The van der Waals surface area contributed by atoms with Crippen molar-refractivity contribution in [1.29, 1.82) is 0 Å². The number of benzene rings is 1. The highest BCUT2D eigenvalue weighted by Gasteiger charge is 2.14. The van der Waals surface area contributed by atoms with Gasteiger partial charge in [0.2, 0.25) is 5.91 Å². The number of hydrogen-bond acceptors (Lipinski definition) is 3. The van der Waals surface area contributed by atoms with E-state index in [1.54, 1.807) is 7.11 Å². The molecular weight excluding hydrogens is 242 g/mol. The summed E-state index contributed by atoms with van der Waals surface area (Å²) < 4.78 is 5.29. The van der Waals surface area contributed by atoms with Gasteiger partial charge in [-0.05, 0) is 31.4 Å². The number of methoxy groups -OCH3 is 1. The molecule has 1 amide bonds. The van der Waals surface area contributed by atoms with E-state index in [0.717, 1.165) is 17.7 Å². The number of nitrogens with one attached hydrogen (secondary N) is 1. The van der Waals surface area contributed by atoms with Gasteiger partial charge >= 0.3 is 0 Å². The first-order valence-electron chi connectivity index (χ1n) is 6.64. The minimum atomic E-state index is -0.306. The first-order valence-corrected chi connectivity index (χ1v) is 6.64. The van der Waals surface area contributed by atoms with Gasteiger partial charge in [0.25, 0.3) is 0 Å². The van der Waals surface area contributed by atoms with E-state index >= 15 is 0 Å². The van der Waals surface area contributed by atoms with Crippen LogP contribution in [-0.4, -0.2) is 31.3 Å². The molecule has 0 aliphatic carbocycles. The lowest BCUT2D eigenvalue weighted by molar-refractivity contribution is -0.126. The summed E-state index contributed by atoms with van der Waals surface area (Å²) in [6, 6.07) is 6.00. The minimum absolute atomic E-state index is 0.0865. The van der Waals surface area contributed by atoms with E-state index in [9.17, 15) is 4.79 Å². The predicted octanol–water partition coefficient (Wildman–Crippen LogP) is 1.68. The van der Waals surface area contributed by atoms with E-state index in [-0.39, 0.29) is 18.4 Å². The minimum Gasteiger partial charge on any atom is -0.496 e. The maximum atomic E-state index is 11.7. The first kappa shape index (κ1) is 15.5. The predicted molar refractivity (Wildman–Crippen MR) is 75.3 cm³/mol. The van der Waals surface area contributed by atoms with Gasteiger partial charge in [-0.3, -0.25) is 4.79 Å². The standard InChI is InChI=1S/C15H23NO3/c1-4-12(10-17)15(18)16-8-7-13-9-11(2)5-6-14(13)19-3/h5-6,9,12,17H,4,7-8,10H2,1-3H3,(H,16,18). The molecule has 0 saturated heterocycles. The lowest BCUT2D eigenvalue weighted by atomic mass is 10.1. The second-order valence-electron chi connectivity index (χ2n) is 4.64. The maximum Gasteiger partial charge on any atom is 0.225 e. The highest BCUT2D eigenvalue weighted by atomic mass is 16.5. The van der Waals surface area contributed by atoms with Gasteiger partial charge in [-0.1, -0.05) is 24.6 Å². The summed E-state index contributed by atoms with van der Waals surface area (Å²) in [7, 11) is 1.64. The van der Waals surface area contributed by atoms with Crippen LogP contribution in [0, 0.1) is 12.8 Å². The van der Waals surface area contributed by atoms with Crippen LogP contribution in [-0.2, 0) is 11.2 Å². The van der Waals surface area contributed by atoms with Crippen LogP contribution in [0.1, 0.15) is 24.5 Å². The van der Waals surface area contributed by atoms with Crippen molar-refractivity contribution in [2.45, 2.75) is 26.7 Å². The summed E-state index contributed by atoms with van der Waals surface area (Å²) in [6.45, 7) is 4.37. The Morgan fingerprint density at radius 2 is 2.21 bits per heavy atom. The van der Waals surface area contributed by atoms with Crippen molar-refractivity contribution in [3.8, 4) is 5.75 Å². The number of hydrogen-bond donors (Lipinski definition) is 2. The van der Waals surface area contributed by atoms with Crippen molar-refractivity contribution in [3.05, 3.63) is 29.3 Å². The summed E-state index contributed by atoms with van der Waals surface area (Å²) in [6.07, 6.45) is 1.37. The van der Waals surface area contributed by atoms with Crippen LogP contribution in [0.3, 0.4) is 0 Å². The average molecular weight is 265 g/mol. The lowest BCUT2D eigenvalue weighted by Gasteiger charge is -2.13. The van der Waals surface area contributed by atoms with Crippen LogP contribution in [0.15, 0.2) is 18.2 Å². The maximum absolute atomic E-state index is 11.7. The number of carbonyl (C=O) groups excluding carboxylic acids is 1. The second-order valence-corrected chi connectivity index (χ2v) is 4.64. The Labute approximate surface area is 114 Å². The van der Waals surface area contributed by atoms with Crippen molar-refractivity contribution < 1.29 is 14.6 Å². The Kier molecular flexibility index (Phi) is 6.36. The molecule has 1 atom stereocenters. The molecule has 0 heterocycles. The molecule has 0 saturated carbocycles. The van der Waals surface area contributed by atoms with E-state index in [4.69, 9.17) is 9.84 Å². The number of amides is 1.